The summed E-state index contributed by atoms with van der Waals surface area (Å²) in [4.78, 5) is 26.6. The highest BCUT2D eigenvalue weighted by Gasteiger charge is 2.42. The van der Waals surface area contributed by atoms with Crippen LogP contribution in [0, 0.1) is 0 Å². The van der Waals surface area contributed by atoms with Gasteiger partial charge in [0.1, 0.15) is 18.4 Å². The number of likely N-dealkylation sites (tertiary alicyclic amines) is 1. The number of amides is 1. The molecular formula is C25H22ClNO4. The number of aliphatic carboxylic acids is 1. The van der Waals surface area contributed by atoms with Crippen LogP contribution in [0.2, 0.25) is 5.02 Å². The lowest BCUT2D eigenvalue weighted by Gasteiger charge is -2.29. The minimum absolute atomic E-state index is 0.314. The first-order valence-corrected chi connectivity index (χ1v) is 10.5. The Morgan fingerprint density at radius 2 is 1.61 bits per heavy atom. The SMILES string of the molecule is O=C(O)[C@@H]1CC[C@H](c2ccccc2Cl)N1C(=O)c1ccc(COc2ccccc2)cc1. The van der Waals surface area contributed by atoms with Crippen LogP contribution >= 0.6 is 11.6 Å². The Balaban J connectivity index is 1.54. The third-order valence-electron chi connectivity index (χ3n) is 5.52. The summed E-state index contributed by atoms with van der Waals surface area (Å²) in [6, 6.07) is 22.6. The summed E-state index contributed by atoms with van der Waals surface area (Å²) in [7, 11) is 0. The molecule has 5 nitrogen and oxygen atoms in total. The first-order valence-electron chi connectivity index (χ1n) is 10.1. The van der Waals surface area contributed by atoms with Gasteiger partial charge in [-0.1, -0.05) is 60.1 Å². The van der Waals surface area contributed by atoms with Gasteiger partial charge in [-0.2, -0.15) is 0 Å². The van der Waals surface area contributed by atoms with Gasteiger partial charge in [0.05, 0.1) is 6.04 Å². The molecule has 31 heavy (non-hydrogen) atoms. The zero-order chi connectivity index (χ0) is 21.8. The van der Waals surface area contributed by atoms with Crippen molar-refractivity contribution < 1.29 is 19.4 Å². The monoisotopic (exact) mass is 435 g/mol. The third kappa shape index (κ3) is 4.57. The molecule has 3 aromatic carbocycles. The number of halogens is 1. The fourth-order valence-electron chi connectivity index (χ4n) is 3.96. The first-order chi connectivity index (χ1) is 15.0. The maximum atomic E-state index is 13.3. The molecular weight excluding hydrogens is 414 g/mol. The number of hydrogen-bond acceptors (Lipinski definition) is 3. The lowest BCUT2D eigenvalue weighted by Crippen LogP contribution is -2.41. The standard InChI is InChI=1S/C25H22ClNO4/c26-21-9-5-4-8-20(21)22-14-15-23(25(29)30)27(22)24(28)18-12-10-17(11-13-18)16-31-19-6-2-1-3-7-19/h1-13,22-23H,14-16H2,(H,29,30)/t22-,23+/m1/s1. The molecule has 1 saturated heterocycles. The lowest BCUT2D eigenvalue weighted by molar-refractivity contribution is -0.141. The molecule has 1 amide bonds. The largest absolute Gasteiger partial charge is 0.489 e. The van der Waals surface area contributed by atoms with E-state index < -0.39 is 12.0 Å². The summed E-state index contributed by atoms with van der Waals surface area (Å²) in [5, 5.41) is 10.2. The highest BCUT2D eigenvalue weighted by Crippen LogP contribution is 2.40. The summed E-state index contributed by atoms with van der Waals surface area (Å²) in [6.45, 7) is 0.377. The maximum Gasteiger partial charge on any atom is 0.326 e. The Morgan fingerprint density at radius 3 is 2.29 bits per heavy atom. The molecule has 4 rings (SSSR count). The van der Waals surface area contributed by atoms with E-state index in [4.69, 9.17) is 16.3 Å². The van der Waals surface area contributed by atoms with E-state index in [1.807, 2.05) is 60.7 Å². The molecule has 1 N–H and O–H groups in total. The minimum atomic E-state index is -1.00. The predicted molar refractivity (Wildman–Crippen MR) is 118 cm³/mol. The number of para-hydroxylation sites is 1. The van der Waals surface area contributed by atoms with Crippen molar-refractivity contribution in [2.24, 2.45) is 0 Å². The van der Waals surface area contributed by atoms with Crippen LogP contribution in [0.4, 0.5) is 0 Å². The average molecular weight is 436 g/mol. The molecule has 0 unspecified atom stereocenters. The van der Waals surface area contributed by atoms with E-state index in [9.17, 15) is 14.7 Å². The van der Waals surface area contributed by atoms with Gasteiger partial charge in [-0.05, 0) is 54.3 Å². The maximum absolute atomic E-state index is 13.3. The molecule has 1 aliphatic rings. The van der Waals surface area contributed by atoms with Gasteiger partial charge < -0.3 is 14.7 Å². The van der Waals surface area contributed by atoms with Crippen molar-refractivity contribution in [3.8, 4) is 5.75 Å². The fourth-order valence-corrected chi connectivity index (χ4v) is 4.23. The van der Waals surface area contributed by atoms with E-state index in [0.717, 1.165) is 16.9 Å². The number of benzene rings is 3. The fraction of sp³-hybridized carbons (Fsp3) is 0.200. The van der Waals surface area contributed by atoms with Crippen molar-refractivity contribution in [2.75, 3.05) is 0 Å². The Bertz CT molecular complexity index is 1070. The number of carboxylic acids is 1. The second-order valence-corrected chi connectivity index (χ2v) is 7.89. The second-order valence-electron chi connectivity index (χ2n) is 7.48. The van der Waals surface area contributed by atoms with E-state index in [2.05, 4.69) is 0 Å². The minimum Gasteiger partial charge on any atom is -0.489 e. The Kier molecular flexibility index (Phi) is 6.23. The summed E-state index contributed by atoms with van der Waals surface area (Å²) < 4.78 is 5.74. The number of carbonyl (C=O) groups is 2. The van der Waals surface area contributed by atoms with Crippen LogP contribution in [-0.4, -0.2) is 27.9 Å². The van der Waals surface area contributed by atoms with E-state index >= 15 is 0 Å². The van der Waals surface area contributed by atoms with Gasteiger partial charge >= 0.3 is 5.97 Å². The smallest absolute Gasteiger partial charge is 0.326 e. The number of hydrogen-bond donors (Lipinski definition) is 1. The van der Waals surface area contributed by atoms with Crippen molar-refractivity contribution in [1.29, 1.82) is 0 Å². The van der Waals surface area contributed by atoms with Crippen molar-refractivity contribution in [3.63, 3.8) is 0 Å². The molecule has 3 aromatic rings. The summed E-state index contributed by atoms with van der Waals surface area (Å²) in [5.74, 6) is -0.548. The van der Waals surface area contributed by atoms with Crippen molar-refractivity contribution in [3.05, 3.63) is 101 Å². The van der Waals surface area contributed by atoms with Crippen LogP contribution < -0.4 is 4.74 Å². The summed E-state index contributed by atoms with van der Waals surface area (Å²) in [5.41, 5.74) is 2.13. The number of nitrogens with zero attached hydrogens (tertiary/aromatic N) is 1. The third-order valence-corrected chi connectivity index (χ3v) is 5.86. The molecule has 1 fully saturated rings. The highest BCUT2D eigenvalue weighted by atomic mass is 35.5. The number of carboxylic acid groups (broad SMARTS) is 1. The van der Waals surface area contributed by atoms with Crippen LogP contribution in [0.1, 0.15) is 40.4 Å². The Hall–Kier alpha value is -3.31. The lowest BCUT2D eigenvalue weighted by atomic mass is 10.0. The van der Waals surface area contributed by atoms with Crippen LogP contribution in [-0.2, 0) is 11.4 Å². The van der Waals surface area contributed by atoms with Crippen molar-refractivity contribution in [2.45, 2.75) is 31.5 Å². The van der Waals surface area contributed by atoms with Crippen LogP contribution in [0.25, 0.3) is 0 Å². The van der Waals surface area contributed by atoms with Crippen LogP contribution in [0.3, 0.4) is 0 Å². The van der Waals surface area contributed by atoms with Gasteiger partial charge in [-0.25, -0.2) is 4.79 Å². The Morgan fingerprint density at radius 1 is 0.935 bits per heavy atom. The van der Waals surface area contributed by atoms with E-state index in [1.165, 1.54) is 4.90 Å². The molecule has 0 bridgehead atoms. The Labute approximate surface area is 185 Å². The molecule has 158 valence electrons. The van der Waals surface area contributed by atoms with E-state index in [-0.39, 0.29) is 11.9 Å². The molecule has 1 heterocycles. The topological polar surface area (TPSA) is 66.8 Å². The van der Waals surface area contributed by atoms with Gasteiger partial charge in [0, 0.05) is 10.6 Å². The average Bonchev–Trinajstić information content (AvgIpc) is 3.24. The molecule has 0 aliphatic carbocycles. The van der Waals surface area contributed by atoms with Gasteiger partial charge in [-0.3, -0.25) is 4.79 Å². The summed E-state index contributed by atoms with van der Waals surface area (Å²) >= 11 is 6.35. The van der Waals surface area contributed by atoms with Crippen LogP contribution in [0.15, 0.2) is 78.9 Å². The molecule has 0 saturated carbocycles. The predicted octanol–water partition coefficient (Wildman–Crippen LogP) is 5.35. The number of carbonyl (C=O) groups excluding carboxylic acids is 1. The highest BCUT2D eigenvalue weighted by molar-refractivity contribution is 6.31. The van der Waals surface area contributed by atoms with Gasteiger partial charge in [0.2, 0.25) is 0 Å². The van der Waals surface area contributed by atoms with E-state index in [1.54, 1.807) is 18.2 Å². The normalized spacial score (nSPS) is 18.0. The zero-order valence-electron chi connectivity index (χ0n) is 16.8. The molecule has 0 spiro atoms. The molecule has 6 heteroatoms. The van der Waals surface area contributed by atoms with Gasteiger partial charge in [0.15, 0.2) is 0 Å². The van der Waals surface area contributed by atoms with E-state index in [0.29, 0.717) is 30.0 Å². The molecule has 1 aliphatic heterocycles. The van der Waals surface area contributed by atoms with Crippen LogP contribution in [0.5, 0.6) is 5.75 Å². The molecule has 0 radical (unpaired) electrons. The summed E-state index contributed by atoms with van der Waals surface area (Å²) in [6.07, 6.45) is 0.940. The van der Waals surface area contributed by atoms with Gasteiger partial charge in [-0.15, -0.1) is 0 Å². The zero-order valence-corrected chi connectivity index (χ0v) is 17.5. The van der Waals surface area contributed by atoms with Crippen molar-refractivity contribution in [1.82, 2.24) is 4.90 Å². The number of ether oxygens (including phenoxy) is 1. The van der Waals surface area contributed by atoms with Gasteiger partial charge in [0.25, 0.3) is 5.91 Å². The first kappa shape index (κ1) is 20.9. The molecule has 0 aromatic heterocycles. The molecule has 2 atom stereocenters. The van der Waals surface area contributed by atoms with Crippen molar-refractivity contribution >= 4 is 23.5 Å². The quantitative estimate of drug-likeness (QED) is 0.566. The number of rotatable bonds is 6. The second kappa shape index (κ2) is 9.23.